The second-order valence-electron chi connectivity index (χ2n) is 5.44. The van der Waals surface area contributed by atoms with Crippen LogP contribution in [0.4, 0.5) is 5.82 Å². The van der Waals surface area contributed by atoms with E-state index in [0.717, 1.165) is 43.1 Å². The lowest BCUT2D eigenvalue weighted by atomic mass is 10.1. The van der Waals surface area contributed by atoms with Crippen LogP contribution in [0.3, 0.4) is 0 Å². The van der Waals surface area contributed by atoms with Crippen LogP contribution in [0.25, 0.3) is 0 Å². The summed E-state index contributed by atoms with van der Waals surface area (Å²) in [7, 11) is 1.97. The van der Waals surface area contributed by atoms with Crippen molar-refractivity contribution in [1.82, 2.24) is 14.7 Å². The van der Waals surface area contributed by atoms with Crippen LogP contribution >= 0.6 is 0 Å². The van der Waals surface area contributed by atoms with Crippen LogP contribution < -0.4 is 10.6 Å². The standard InChI is InChI=1S/C13H21N5O/c1-9-11(7-14)13(16(2)15-9)17-5-6-18-10(8-17)3-4-12(18)19/h10H,3-8,14H2,1-2H3. The minimum absolute atomic E-state index is 0.310. The minimum atomic E-state index is 0.310. The predicted octanol–water partition coefficient (Wildman–Crippen LogP) is -0.00178. The summed E-state index contributed by atoms with van der Waals surface area (Å²) in [5, 5.41) is 4.47. The Morgan fingerprint density at radius 2 is 2.21 bits per heavy atom. The summed E-state index contributed by atoms with van der Waals surface area (Å²) < 4.78 is 1.92. The highest BCUT2D eigenvalue weighted by atomic mass is 16.2. The first-order chi connectivity index (χ1) is 9.11. The number of fused-ring (bicyclic) bond motifs is 1. The van der Waals surface area contributed by atoms with Crippen molar-refractivity contribution in [3.63, 3.8) is 0 Å². The van der Waals surface area contributed by atoms with Crippen molar-refractivity contribution in [3.05, 3.63) is 11.3 Å². The van der Waals surface area contributed by atoms with E-state index < -0.39 is 0 Å². The Kier molecular flexibility index (Phi) is 2.97. The van der Waals surface area contributed by atoms with E-state index in [2.05, 4.69) is 10.00 Å². The SMILES string of the molecule is Cc1nn(C)c(N2CCN3C(=O)CCC3C2)c1CN. The maximum absolute atomic E-state index is 11.7. The van der Waals surface area contributed by atoms with Gasteiger partial charge in [0.1, 0.15) is 5.82 Å². The zero-order valence-corrected chi connectivity index (χ0v) is 11.6. The van der Waals surface area contributed by atoms with Crippen LogP contribution in [-0.2, 0) is 18.4 Å². The molecule has 2 saturated heterocycles. The number of carbonyl (C=O) groups excluding carboxylic acids is 1. The van der Waals surface area contributed by atoms with E-state index in [-0.39, 0.29) is 0 Å². The second kappa shape index (κ2) is 4.52. The van der Waals surface area contributed by atoms with Gasteiger partial charge in [-0.05, 0) is 13.3 Å². The molecule has 3 rings (SSSR count). The van der Waals surface area contributed by atoms with Crippen molar-refractivity contribution in [2.75, 3.05) is 24.5 Å². The van der Waals surface area contributed by atoms with Crippen molar-refractivity contribution in [1.29, 1.82) is 0 Å². The lowest BCUT2D eigenvalue weighted by Gasteiger charge is -2.39. The molecular weight excluding hydrogens is 242 g/mol. The van der Waals surface area contributed by atoms with E-state index >= 15 is 0 Å². The van der Waals surface area contributed by atoms with Gasteiger partial charge in [0.05, 0.1) is 5.69 Å². The van der Waals surface area contributed by atoms with Gasteiger partial charge < -0.3 is 15.5 Å². The van der Waals surface area contributed by atoms with Crippen LogP contribution in [0.5, 0.6) is 0 Å². The number of piperazine rings is 1. The summed E-state index contributed by atoms with van der Waals surface area (Å²) in [5.74, 6) is 1.43. The number of nitrogens with zero attached hydrogens (tertiary/aromatic N) is 4. The molecule has 0 radical (unpaired) electrons. The smallest absolute Gasteiger partial charge is 0.223 e. The molecule has 2 aliphatic heterocycles. The molecule has 0 spiro atoms. The van der Waals surface area contributed by atoms with Gasteiger partial charge >= 0.3 is 0 Å². The molecule has 6 heteroatoms. The molecule has 3 heterocycles. The van der Waals surface area contributed by atoms with Gasteiger partial charge in [-0.15, -0.1) is 0 Å². The molecule has 19 heavy (non-hydrogen) atoms. The Labute approximate surface area is 113 Å². The molecule has 0 aromatic carbocycles. The fourth-order valence-electron chi connectivity index (χ4n) is 3.38. The molecule has 0 saturated carbocycles. The van der Waals surface area contributed by atoms with Crippen molar-refractivity contribution in [3.8, 4) is 0 Å². The number of aromatic nitrogens is 2. The Morgan fingerprint density at radius 3 is 2.95 bits per heavy atom. The van der Waals surface area contributed by atoms with E-state index in [1.54, 1.807) is 0 Å². The molecule has 2 N–H and O–H groups in total. The molecule has 0 aliphatic carbocycles. The van der Waals surface area contributed by atoms with E-state index in [4.69, 9.17) is 5.73 Å². The van der Waals surface area contributed by atoms with Gasteiger partial charge in [0.15, 0.2) is 0 Å². The lowest BCUT2D eigenvalue weighted by molar-refractivity contribution is -0.129. The Balaban J connectivity index is 1.86. The maximum atomic E-state index is 11.7. The summed E-state index contributed by atoms with van der Waals surface area (Å²) in [6.45, 7) is 5.10. The highest BCUT2D eigenvalue weighted by molar-refractivity contribution is 5.79. The van der Waals surface area contributed by atoms with Gasteiger partial charge in [0.25, 0.3) is 0 Å². The minimum Gasteiger partial charge on any atom is -0.353 e. The normalized spacial score (nSPS) is 23.1. The molecule has 2 aliphatic rings. The van der Waals surface area contributed by atoms with Crippen LogP contribution in [-0.4, -0.2) is 46.3 Å². The number of rotatable bonds is 2. The average molecular weight is 263 g/mol. The first-order valence-corrected chi connectivity index (χ1v) is 6.88. The molecule has 2 fully saturated rings. The molecule has 1 atom stereocenters. The number of nitrogens with two attached hydrogens (primary N) is 1. The summed E-state index contributed by atoms with van der Waals surface area (Å²) in [4.78, 5) is 16.1. The van der Waals surface area contributed by atoms with Gasteiger partial charge in [0, 0.05) is 51.3 Å². The van der Waals surface area contributed by atoms with Crippen LogP contribution in [0.15, 0.2) is 0 Å². The van der Waals surface area contributed by atoms with Crippen LogP contribution in [0.1, 0.15) is 24.1 Å². The average Bonchev–Trinajstić information content (AvgIpc) is 2.89. The third kappa shape index (κ3) is 1.90. The van der Waals surface area contributed by atoms with Crippen molar-refractivity contribution >= 4 is 11.7 Å². The highest BCUT2D eigenvalue weighted by Gasteiger charge is 2.36. The number of carbonyl (C=O) groups is 1. The third-order valence-electron chi connectivity index (χ3n) is 4.31. The van der Waals surface area contributed by atoms with E-state index in [9.17, 15) is 4.79 Å². The maximum Gasteiger partial charge on any atom is 0.223 e. The van der Waals surface area contributed by atoms with E-state index in [0.29, 0.717) is 24.9 Å². The Morgan fingerprint density at radius 1 is 1.42 bits per heavy atom. The van der Waals surface area contributed by atoms with Gasteiger partial charge in [-0.3, -0.25) is 9.48 Å². The molecule has 1 unspecified atom stereocenters. The predicted molar refractivity (Wildman–Crippen MR) is 72.8 cm³/mol. The van der Waals surface area contributed by atoms with Gasteiger partial charge in [0.2, 0.25) is 5.91 Å². The summed E-state index contributed by atoms with van der Waals surface area (Å²) in [5.41, 5.74) is 7.99. The lowest BCUT2D eigenvalue weighted by Crippen LogP contribution is -2.52. The molecular formula is C13H21N5O. The van der Waals surface area contributed by atoms with Gasteiger partial charge in [-0.1, -0.05) is 0 Å². The van der Waals surface area contributed by atoms with Crippen molar-refractivity contribution in [2.45, 2.75) is 32.4 Å². The highest BCUT2D eigenvalue weighted by Crippen LogP contribution is 2.29. The summed E-state index contributed by atoms with van der Waals surface area (Å²) >= 11 is 0. The monoisotopic (exact) mass is 263 g/mol. The van der Waals surface area contributed by atoms with Gasteiger partial charge in [-0.2, -0.15) is 5.10 Å². The van der Waals surface area contributed by atoms with Crippen LogP contribution in [0.2, 0.25) is 0 Å². The molecule has 104 valence electrons. The number of anilines is 1. The Hall–Kier alpha value is -1.56. The number of aryl methyl sites for hydroxylation is 2. The number of amides is 1. The zero-order chi connectivity index (χ0) is 13.6. The zero-order valence-electron chi connectivity index (χ0n) is 11.6. The molecule has 1 amide bonds. The third-order valence-corrected chi connectivity index (χ3v) is 4.31. The summed E-state index contributed by atoms with van der Waals surface area (Å²) in [6.07, 6.45) is 1.68. The second-order valence-corrected chi connectivity index (χ2v) is 5.44. The Bertz CT molecular complexity index is 509. The fraction of sp³-hybridized carbons (Fsp3) is 0.692. The number of hydrogen-bond donors (Lipinski definition) is 1. The largest absolute Gasteiger partial charge is 0.353 e. The first-order valence-electron chi connectivity index (χ1n) is 6.88. The van der Waals surface area contributed by atoms with Crippen molar-refractivity contribution < 1.29 is 4.79 Å². The fourth-order valence-corrected chi connectivity index (χ4v) is 3.38. The number of hydrogen-bond acceptors (Lipinski definition) is 4. The van der Waals surface area contributed by atoms with Crippen LogP contribution in [0, 0.1) is 6.92 Å². The molecule has 1 aromatic heterocycles. The molecule has 6 nitrogen and oxygen atoms in total. The molecule has 1 aromatic rings. The molecule has 0 bridgehead atoms. The first kappa shape index (κ1) is 12.5. The summed E-state index contributed by atoms with van der Waals surface area (Å²) in [6, 6.07) is 0.363. The van der Waals surface area contributed by atoms with E-state index in [1.165, 1.54) is 0 Å². The van der Waals surface area contributed by atoms with Gasteiger partial charge in [-0.25, -0.2) is 0 Å². The van der Waals surface area contributed by atoms with Crippen molar-refractivity contribution in [2.24, 2.45) is 12.8 Å². The van der Waals surface area contributed by atoms with E-state index in [1.807, 2.05) is 23.6 Å². The quantitative estimate of drug-likeness (QED) is 0.815. The topological polar surface area (TPSA) is 67.4 Å².